The number of nitrogens with one attached hydrogen (secondary N) is 1. The van der Waals surface area contributed by atoms with Crippen molar-refractivity contribution in [2.24, 2.45) is 0 Å². The number of hydrogen-bond acceptors (Lipinski definition) is 4. The Labute approximate surface area is 193 Å². The summed E-state index contributed by atoms with van der Waals surface area (Å²) in [6, 6.07) is 17.3. The van der Waals surface area contributed by atoms with Gasteiger partial charge in [-0.1, -0.05) is 24.3 Å². The molecule has 0 aliphatic heterocycles. The van der Waals surface area contributed by atoms with Crippen LogP contribution in [0, 0.1) is 0 Å². The first kappa shape index (κ1) is 22.6. The predicted octanol–water partition coefficient (Wildman–Crippen LogP) is 5.78. The fourth-order valence-electron chi connectivity index (χ4n) is 3.79. The summed E-state index contributed by atoms with van der Waals surface area (Å²) in [6.45, 7) is 0.908. The van der Waals surface area contributed by atoms with Crippen molar-refractivity contribution < 1.29 is 23.8 Å². The van der Waals surface area contributed by atoms with Gasteiger partial charge >= 0.3 is 5.97 Å². The lowest BCUT2D eigenvalue weighted by Gasteiger charge is -2.14. The Balaban J connectivity index is 1.35. The summed E-state index contributed by atoms with van der Waals surface area (Å²) in [5.74, 6) is 1.24. The lowest BCUT2D eigenvalue weighted by molar-refractivity contribution is -0.137. The van der Waals surface area contributed by atoms with Crippen LogP contribution in [0.2, 0.25) is 0 Å². The number of aliphatic carboxylic acids is 1. The van der Waals surface area contributed by atoms with E-state index in [9.17, 15) is 9.59 Å². The SMILES string of the molecule is O=C(O)CCCCCOc1ccc(C2CC2)cc1CNC(=O)c1ccc(-c2ccco2)cc1. The van der Waals surface area contributed by atoms with Crippen LogP contribution in [0.1, 0.15) is 65.9 Å². The van der Waals surface area contributed by atoms with E-state index in [1.807, 2.05) is 30.3 Å². The first-order chi connectivity index (χ1) is 16.1. The van der Waals surface area contributed by atoms with Crippen LogP contribution >= 0.6 is 0 Å². The van der Waals surface area contributed by atoms with Crippen molar-refractivity contribution in [3.63, 3.8) is 0 Å². The van der Waals surface area contributed by atoms with Gasteiger partial charge in [0.1, 0.15) is 11.5 Å². The largest absolute Gasteiger partial charge is 0.493 e. The molecule has 0 radical (unpaired) electrons. The number of carbonyl (C=O) groups excluding carboxylic acids is 1. The molecule has 1 aromatic heterocycles. The highest BCUT2D eigenvalue weighted by atomic mass is 16.5. The molecule has 1 heterocycles. The van der Waals surface area contributed by atoms with Crippen LogP contribution in [0.15, 0.2) is 65.3 Å². The Bertz CT molecular complexity index is 1070. The smallest absolute Gasteiger partial charge is 0.303 e. The minimum absolute atomic E-state index is 0.141. The lowest BCUT2D eigenvalue weighted by atomic mass is 10.1. The maximum atomic E-state index is 12.7. The number of amides is 1. The van der Waals surface area contributed by atoms with Gasteiger partial charge in [-0.2, -0.15) is 0 Å². The Kier molecular flexibility index (Phi) is 7.45. The van der Waals surface area contributed by atoms with Gasteiger partial charge in [0.15, 0.2) is 0 Å². The van der Waals surface area contributed by atoms with Crippen molar-refractivity contribution in [1.82, 2.24) is 5.32 Å². The molecule has 0 atom stereocenters. The van der Waals surface area contributed by atoms with Crippen molar-refractivity contribution in [3.8, 4) is 17.1 Å². The zero-order chi connectivity index (χ0) is 23.0. The zero-order valence-electron chi connectivity index (χ0n) is 18.6. The monoisotopic (exact) mass is 447 g/mol. The molecule has 2 N–H and O–H groups in total. The molecule has 1 fully saturated rings. The second-order valence-electron chi connectivity index (χ2n) is 8.43. The lowest BCUT2D eigenvalue weighted by Crippen LogP contribution is -2.23. The number of rotatable bonds is 12. The fourth-order valence-corrected chi connectivity index (χ4v) is 3.79. The van der Waals surface area contributed by atoms with Crippen LogP contribution < -0.4 is 10.1 Å². The zero-order valence-corrected chi connectivity index (χ0v) is 18.6. The maximum absolute atomic E-state index is 12.7. The molecule has 4 rings (SSSR count). The van der Waals surface area contributed by atoms with E-state index in [0.29, 0.717) is 31.1 Å². The minimum atomic E-state index is -0.764. The quantitative estimate of drug-likeness (QED) is 0.344. The maximum Gasteiger partial charge on any atom is 0.303 e. The third kappa shape index (κ3) is 6.48. The van der Waals surface area contributed by atoms with E-state index in [-0.39, 0.29) is 12.3 Å². The molecule has 0 unspecified atom stereocenters. The van der Waals surface area contributed by atoms with Crippen LogP contribution in [0.25, 0.3) is 11.3 Å². The topological polar surface area (TPSA) is 88.8 Å². The Hall–Kier alpha value is -3.54. The molecule has 6 heteroatoms. The molecule has 33 heavy (non-hydrogen) atoms. The third-order valence-electron chi connectivity index (χ3n) is 5.82. The highest BCUT2D eigenvalue weighted by Gasteiger charge is 2.24. The predicted molar refractivity (Wildman–Crippen MR) is 125 cm³/mol. The van der Waals surface area contributed by atoms with Crippen molar-refractivity contribution in [2.75, 3.05) is 6.61 Å². The van der Waals surface area contributed by atoms with Gasteiger partial charge in [-0.3, -0.25) is 9.59 Å². The molecule has 0 spiro atoms. The van der Waals surface area contributed by atoms with E-state index in [2.05, 4.69) is 17.4 Å². The third-order valence-corrected chi connectivity index (χ3v) is 5.82. The van der Waals surface area contributed by atoms with Gasteiger partial charge in [0, 0.05) is 29.7 Å². The Morgan fingerprint density at radius 3 is 2.55 bits per heavy atom. The second kappa shape index (κ2) is 10.9. The molecule has 1 aliphatic carbocycles. The molecule has 1 saturated carbocycles. The van der Waals surface area contributed by atoms with Crippen LogP contribution in [-0.2, 0) is 11.3 Å². The van der Waals surface area contributed by atoms with Gasteiger partial charge in [-0.25, -0.2) is 0 Å². The summed E-state index contributed by atoms with van der Waals surface area (Å²) in [4.78, 5) is 23.3. The molecule has 3 aromatic rings. The molecule has 172 valence electrons. The van der Waals surface area contributed by atoms with E-state index in [4.69, 9.17) is 14.3 Å². The average Bonchev–Trinajstić information content (AvgIpc) is 3.53. The Morgan fingerprint density at radius 1 is 1.03 bits per heavy atom. The summed E-state index contributed by atoms with van der Waals surface area (Å²) in [6.07, 6.45) is 6.49. The number of hydrogen-bond donors (Lipinski definition) is 2. The standard InChI is InChI=1S/C27H29NO5/c29-26(30)6-2-1-3-15-32-25-14-13-22(19-7-8-19)17-23(25)18-28-27(31)21-11-9-20(10-12-21)24-5-4-16-33-24/h4-5,9-14,16-17,19H,1-3,6-8,15,18H2,(H,28,31)(H,29,30). The number of carboxylic acid groups (broad SMARTS) is 1. The summed E-state index contributed by atoms with van der Waals surface area (Å²) >= 11 is 0. The van der Waals surface area contributed by atoms with Gasteiger partial charge in [0.05, 0.1) is 12.9 Å². The van der Waals surface area contributed by atoms with Gasteiger partial charge in [-0.05, 0) is 73.9 Å². The van der Waals surface area contributed by atoms with Crippen molar-refractivity contribution in [1.29, 1.82) is 0 Å². The van der Waals surface area contributed by atoms with Crippen molar-refractivity contribution >= 4 is 11.9 Å². The number of benzene rings is 2. The molecular weight excluding hydrogens is 418 g/mol. The molecule has 1 aliphatic rings. The van der Waals surface area contributed by atoms with Crippen LogP contribution in [0.4, 0.5) is 0 Å². The molecule has 0 bridgehead atoms. The van der Waals surface area contributed by atoms with E-state index in [1.54, 1.807) is 18.4 Å². The first-order valence-corrected chi connectivity index (χ1v) is 11.5. The van der Waals surface area contributed by atoms with E-state index in [1.165, 1.54) is 18.4 Å². The highest BCUT2D eigenvalue weighted by Crippen LogP contribution is 2.41. The highest BCUT2D eigenvalue weighted by molar-refractivity contribution is 5.94. The number of carbonyl (C=O) groups is 2. The molecule has 0 saturated heterocycles. The fraction of sp³-hybridized carbons (Fsp3) is 0.333. The van der Waals surface area contributed by atoms with Gasteiger partial charge in [0.2, 0.25) is 0 Å². The van der Waals surface area contributed by atoms with Gasteiger partial charge in [-0.15, -0.1) is 0 Å². The van der Waals surface area contributed by atoms with Crippen LogP contribution in [-0.4, -0.2) is 23.6 Å². The number of carboxylic acids is 1. The minimum Gasteiger partial charge on any atom is -0.493 e. The number of furan rings is 1. The van der Waals surface area contributed by atoms with Crippen LogP contribution in [0.3, 0.4) is 0 Å². The number of unbranched alkanes of at least 4 members (excludes halogenated alkanes) is 2. The molecule has 1 amide bonds. The van der Waals surface area contributed by atoms with Gasteiger partial charge < -0.3 is 19.6 Å². The molecule has 2 aromatic carbocycles. The van der Waals surface area contributed by atoms with E-state index >= 15 is 0 Å². The van der Waals surface area contributed by atoms with Crippen LogP contribution in [0.5, 0.6) is 5.75 Å². The first-order valence-electron chi connectivity index (χ1n) is 11.5. The van der Waals surface area contributed by atoms with Crippen molar-refractivity contribution in [2.45, 2.75) is 51.0 Å². The van der Waals surface area contributed by atoms with Crippen molar-refractivity contribution in [3.05, 3.63) is 77.6 Å². The van der Waals surface area contributed by atoms with E-state index < -0.39 is 5.97 Å². The number of ether oxygens (including phenoxy) is 1. The average molecular weight is 448 g/mol. The normalized spacial score (nSPS) is 13.0. The Morgan fingerprint density at radius 2 is 1.85 bits per heavy atom. The summed E-state index contributed by atoms with van der Waals surface area (Å²) < 4.78 is 11.4. The van der Waals surface area contributed by atoms with Gasteiger partial charge in [0.25, 0.3) is 5.91 Å². The summed E-state index contributed by atoms with van der Waals surface area (Å²) in [7, 11) is 0. The summed E-state index contributed by atoms with van der Waals surface area (Å²) in [5, 5.41) is 11.7. The summed E-state index contributed by atoms with van der Waals surface area (Å²) in [5.41, 5.74) is 3.76. The molecule has 6 nitrogen and oxygen atoms in total. The molecular formula is C27H29NO5. The second-order valence-corrected chi connectivity index (χ2v) is 8.43. The van der Waals surface area contributed by atoms with E-state index in [0.717, 1.165) is 35.5 Å².